The summed E-state index contributed by atoms with van der Waals surface area (Å²) in [6, 6.07) is 6.02. The Kier molecular flexibility index (Phi) is 3.86. The molecule has 29 heavy (non-hydrogen) atoms. The molecule has 10 nitrogen and oxygen atoms in total. The molecule has 11 heteroatoms. The van der Waals surface area contributed by atoms with Crippen LogP contribution in [0.4, 0.5) is 16.0 Å². The number of fused-ring (bicyclic) bond motifs is 1. The molecule has 146 valence electrons. The van der Waals surface area contributed by atoms with Crippen LogP contribution in [-0.4, -0.2) is 40.7 Å². The van der Waals surface area contributed by atoms with Crippen molar-refractivity contribution in [3.63, 3.8) is 0 Å². The van der Waals surface area contributed by atoms with E-state index in [1.165, 1.54) is 16.6 Å². The van der Waals surface area contributed by atoms with E-state index in [0.29, 0.717) is 22.2 Å². The largest absolute Gasteiger partial charge is 0.493 e. The fourth-order valence-electron chi connectivity index (χ4n) is 2.80. The third-order valence-electron chi connectivity index (χ3n) is 4.36. The maximum Gasteiger partial charge on any atom is 0.326 e. The van der Waals surface area contributed by atoms with E-state index in [4.69, 9.17) is 0 Å². The molecule has 0 unspecified atom stereocenters. The Hall–Kier alpha value is -4.02. The number of rotatable bonds is 4. The van der Waals surface area contributed by atoms with E-state index in [0.717, 1.165) is 12.8 Å². The van der Waals surface area contributed by atoms with Gasteiger partial charge in [-0.25, -0.2) is 14.2 Å². The second-order valence-electron chi connectivity index (χ2n) is 6.66. The summed E-state index contributed by atoms with van der Waals surface area (Å²) in [5, 5.41) is 17.7. The Labute approximate surface area is 161 Å². The van der Waals surface area contributed by atoms with E-state index in [1.54, 1.807) is 24.4 Å². The van der Waals surface area contributed by atoms with E-state index in [9.17, 15) is 14.3 Å². The van der Waals surface area contributed by atoms with Gasteiger partial charge in [0.05, 0.1) is 12.2 Å². The summed E-state index contributed by atoms with van der Waals surface area (Å²) >= 11 is 0. The van der Waals surface area contributed by atoms with Crippen molar-refractivity contribution in [2.24, 2.45) is 4.99 Å². The number of H-pyrrole nitrogens is 2. The Morgan fingerprint density at radius 1 is 1.24 bits per heavy atom. The Bertz CT molecular complexity index is 1380. The number of hydrogen-bond donors (Lipinski definition) is 4. The van der Waals surface area contributed by atoms with Crippen molar-refractivity contribution in [3.05, 3.63) is 63.3 Å². The summed E-state index contributed by atoms with van der Waals surface area (Å²) in [6.45, 7) is 0. The van der Waals surface area contributed by atoms with Gasteiger partial charge >= 0.3 is 5.69 Å². The summed E-state index contributed by atoms with van der Waals surface area (Å²) in [6.07, 6.45) is 5.07. The number of benzene rings is 1. The zero-order chi connectivity index (χ0) is 20.0. The van der Waals surface area contributed by atoms with Gasteiger partial charge in [-0.2, -0.15) is 19.6 Å². The lowest BCUT2D eigenvalue weighted by molar-refractivity contribution is 0.454. The van der Waals surface area contributed by atoms with Crippen molar-refractivity contribution in [1.29, 1.82) is 0 Å². The minimum Gasteiger partial charge on any atom is -0.493 e. The van der Waals surface area contributed by atoms with Crippen molar-refractivity contribution in [2.75, 3.05) is 5.32 Å². The predicted octanol–water partition coefficient (Wildman–Crippen LogP) is 0.340. The standard InChI is InChI=1S/C18H15FN8O2/c19-10-1-3-11(4-2-10)21-16-24-14-9(7-13-15(28)25-18(29)23-13)8-20-27(14)17(26-16)22-12-5-6-12/h1-4,7-8,12,28H,5-6H2,(H,21,22,26)(H2,23,25,29)/b9-7-. The molecule has 4 aromatic rings. The van der Waals surface area contributed by atoms with Crippen molar-refractivity contribution in [3.8, 4) is 5.88 Å². The van der Waals surface area contributed by atoms with Crippen LogP contribution >= 0.6 is 0 Å². The molecular formula is C18H15FN8O2. The van der Waals surface area contributed by atoms with Crippen LogP contribution in [0, 0.1) is 5.82 Å². The number of hydrogen-bond acceptors (Lipinski definition) is 7. The van der Waals surface area contributed by atoms with Crippen molar-refractivity contribution >= 4 is 23.4 Å². The maximum absolute atomic E-state index is 13.2. The SMILES string of the molecule is O=c1[nH]c(O)c(/C=c2/cnn3c(=NC4CC4)nc(Nc4ccc(F)cc4)nc23)[nH]1. The lowest BCUT2D eigenvalue weighted by Crippen LogP contribution is -2.24. The topological polar surface area (TPSA) is 136 Å². The molecule has 0 radical (unpaired) electrons. The zero-order valence-electron chi connectivity index (χ0n) is 14.9. The van der Waals surface area contributed by atoms with Gasteiger partial charge in [0.2, 0.25) is 11.8 Å². The lowest BCUT2D eigenvalue weighted by atomic mass is 10.3. The van der Waals surface area contributed by atoms with E-state index in [1.807, 2.05) is 0 Å². The first-order chi connectivity index (χ1) is 14.0. The van der Waals surface area contributed by atoms with Gasteiger partial charge in [-0.05, 0) is 43.2 Å². The number of aromatic nitrogens is 6. The van der Waals surface area contributed by atoms with Gasteiger partial charge in [0, 0.05) is 10.9 Å². The summed E-state index contributed by atoms with van der Waals surface area (Å²) < 4.78 is 14.7. The smallest absolute Gasteiger partial charge is 0.326 e. The fraction of sp³-hybridized carbons (Fsp3) is 0.167. The van der Waals surface area contributed by atoms with E-state index >= 15 is 0 Å². The van der Waals surface area contributed by atoms with Crippen LogP contribution in [0.3, 0.4) is 0 Å². The molecule has 1 fully saturated rings. The molecule has 1 aliphatic carbocycles. The van der Waals surface area contributed by atoms with Gasteiger partial charge in [-0.15, -0.1) is 0 Å². The minimum atomic E-state index is -0.525. The molecule has 0 atom stereocenters. The molecule has 0 spiro atoms. The number of nitrogens with one attached hydrogen (secondary N) is 3. The Morgan fingerprint density at radius 2 is 2.03 bits per heavy atom. The molecule has 3 heterocycles. The van der Waals surface area contributed by atoms with Crippen LogP contribution in [0.25, 0.3) is 11.7 Å². The molecular weight excluding hydrogens is 379 g/mol. The van der Waals surface area contributed by atoms with Crippen LogP contribution in [0.5, 0.6) is 5.88 Å². The summed E-state index contributed by atoms with van der Waals surface area (Å²) in [7, 11) is 0. The van der Waals surface area contributed by atoms with Gasteiger partial charge in [-0.1, -0.05) is 0 Å². The van der Waals surface area contributed by atoms with Gasteiger partial charge in [0.25, 0.3) is 5.62 Å². The third-order valence-corrected chi connectivity index (χ3v) is 4.36. The number of aromatic hydroxyl groups is 1. The Balaban J connectivity index is 1.67. The third kappa shape index (κ3) is 3.45. The fourth-order valence-corrected chi connectivity index (χ4v) is 2.80. The van der Waals surface area contributed by atoms with Crippen molar-refractivity contribution < 1.29 is 9.50 Å². The van der Waals surface area contributed by atoms with Crippen LogP contribution in [-0.2, 0) is 0 Å². The van der Waals surface area contributed by atoms with Gasteiger partial charge in [0.15, 0.2) is 5.65 Å². The van der Waals surface area contributed by atoms with Crippen LogP contribution in [0.2, 0.25) is 0 Å². The average Bonchev–Trinajstić information content (AvgIpc) is 3.33. The first-order valence-corrected chi connectivity index (χ1v) is 8.90. The second kappa shape index (κ2) is 6.55. The molecule has 5 rings (SSSR count). The zero-order valence-corrected chi connectivity index (χ0v) is 14.9. The number of halogens is 1. The molecule has 0 aliphatic heterocycles. The van der Waals surface area contributed by atoms with Crippen molar-refractivity contribution in [2.45, 2.75) is 18.9 Å². The van der Waals surface area contributed by atoms with Crippen LogP contribution in [0.15, 0.2) is 40.2 Å². The van der Waals surface area contributed by atoms with E-state index < -0.39 is 5.69 Å². The van der Waals surface area contributed by atoms with Gasteiger partial charge in [0.1, 0.15) is 11.5 Å². The summed E-state index contributed by atoms with van der Waals surface area (Å²) in [5.74, 6) is -0.356. The van der Waals surface area contributed by atoms with E-state index in [-0.39, 0.29) is 29.4 Å². The maximum atomic E-state index is 13.2. The summed E-state index contributed by atoms with van der Waals surface area (Å²) in [5.41, 5.74) is 1.12. The molecule has 1 aliphatic rings. The molecule has 0 bridgehead atoms. The summed E-state index contributed by atoms with van der Waals surface area (Å²) in [4.78, 5) is 29.6. The molecule has 3 aromatic heterocycles. The highest BCUT2D eigenvalue weighted by Gasteiger charge is 2.21. The second-order valence-corrected chi connectivity index (χ2v) is 6.66. The number of anilines is 2. The van der Waals surface area contributed by atoms with Crippen molar-refractivity contribution in [1.82, 2.24) is 29.5 Å². The van der Waals surface area contributed by atoms with E-state index in [2.05, 4.69) is 35.3 Å². The van der Waals surface area contributed by atoms with Gasteiger partial charge in [-0.3, -0.25) is 4.98 Å². The Morgan fingerprint density at radius 3 is 2.72 bits per heavy atom. The highest BCUT2D eigenvalue weighted by Crippen LogP contribution is 2.22. The minimum absolute atomic E-state index is 0.202. The van der Waals surface area contributed by atoms with Gasteiger partial charge < -0.3 is 15.4 Å². The number of imidazole rings is 1. The van der Waals surface area contributed by atoms with Crippen LogP contribution < -0.4 is 21.8 Å². The normalized spacial score (nSPS) is 15.3. The molecule has 4 N–H and O–H groups in total. The highest BCUT2D eigenvalue weighted by molar-refractivity contribution is 5.59. The highest BCUT2D eigenvalue weighted by atomic mass is 19.1. The average molecular weight is 394 g/mol. The van der Waals surface area contributed by atoms with Crippen LogP contribution in [0.1, 0.15) is 18.5 Å². The lowest BCUT2D eigenvalue weighted by Gasteiger charge is -2.05. The molecule has 0 amide bonds. The first-order valence-electron chi connectivity index (χ1n) is 8.90. The quantitative estimate of drug-likeness (QED) is 0.394. The number of nitrogens with zero attached hydrogens (tertiary/aromatic N) is 5. The molecule has 0 saturated heterocycles. The molecule has 1 saturated carbocycles. The first kappa shape index (κ1) is 17.1. The monoisotopic (exact) mass is 394 g/mol. The predicted molar refractivity (Wildman–Crippen MR) is 101 cm³/mol. The molecule has 1 aromatic carbocycles. The number of aromatic amines is 2.